The fourth-order valence-electron chi connectivity index (χ4n) is 7.95. The first-order chi connectivity index (χ1) is 29.5. The number of rotatable bonds is 47. The highest BCUT2D eigenvalue weighted by Gasteiger charge is 2.24. The van der Waals surface area contributed by atoms with Crippen LogP contribution in [0.2, 0.25) is 0 Å². The Balaban J connectivity index is 4.51. The number of aliphatic hydroxyl groups is 2. The van der Waals surface area contributed by atoms with Gasteiger partial charge in [-0.05, 0) is 77.0 Å². The second-order valence-corrected chi connectivity index (χ2v) is 17.9. The van der Waals surface area contributed by atoms with E-state index in [1.807, 2.05) is 0 Å². The molecule has 3 atom stereocenters. The summed E-state index contributed by atoms with van der Waals surface area (Å²) in [7, 11) is 0. The van der Waals surface area contributed by atoms with Gasteiger partial charge in [0, 0.05) is 6.42 Å². The Morgan fingerprint density at radius 2 is 0.850 bits per heavy atom. The molecular formula is C54H101NO5. The van der Waals surface area contributed by atoms with E-state index in [-0.39, 0.29) is 24.9 Å². The highest BCUT2D eigenvalue weighted by molar-refractivity contribution is 5.77. The number of nitrogens with one attached hydrogen (secondary N) is 1. The van der Waals surface area contributed by atoms with Gasteiger partial charge in [0.1, 0.15) is 6.10 Å². The van der Waals surface area contributed by atoms with Crippen LogP contribution in [0, 0.1) is 0 Å². The fourth-order valence-corrected chi connectivity index (χ4v) is 7.95. The van der Waals surface area contributed by atoms with Crippen molar-refractivity contribution in [1.82, 2.24) is 5.32 Å². The van der Waals surface area contributed by atoms with Gasteiger partial charge in [-0.2, -0.15) is 0 Å². The monoisotopic (exact) mass is 844 g/mol. The Morgan fingerprint density at radius 1 is 0.483 bits per heavy atom. The summed E-state index contributed by atoms with van der Waals surface area (Å²) >= 11 is 0. The van der Waals surface area contributed by atoms with Crippen LogP contribution in [0.5, 0.6) is 0 Å². The lowest BCUT2D eigenvalue weighted by atomic mass is 10.0. The maximum Gasteiger partial charge on any atom is 0.306 e. The predicted molar refractivity (Wildman–Crippen MR) is 259 cm³/mol. The molecular weight excluding hydrogens is 743 g/mol. The molecule has 0 bridgehead atoms. The predicted octanol–water partition coefficient (Wildman–Crippen LogP) is 15.7. The molecule has 0 aromatic rings. The van der Waals surface area contributed by atoms with Crippen molar-refractivity contribution >= 4 is 11.9 Å². The van der Waals surface area contributed by atoms with E-state index >= 15 is 0 Å². The summed E-state index contributed by atoms with van der Waals surface area (Å²) < 4.78 is 5.91. The van der Waals surface area contributed by atoms with Crippen LogP contribution < -0.4 is 5.32 Å². The number of aliphatic hydroxyl groups excluding tert-OH is 2. The number of allylic oxidation sites excluding steroid dienone is 6. The molecule has 0 aliphatic rings. The molecule has 0 saturated carbocycles. The van der Waals surface area contributed by atoms with Gasteiger partial charge in [-0.25, -0.2) is 0 Å². The molecule has 0 fully saturated rings. The van der Waals surface area contributed by atoms with E-state index in [4.69, 9.17) is 4.74 Å². The second kappa shape index (κ2) is 48.1. The molecule has 1 amide bonds. The van der Waals surface area contributed by atoms with Gasteiger partial charge in [-0.3, -0.25) is 9.59 Å². The van der Waals surface area contributed by atoms with Crippen molar-refractivity contribution in [3.63, 3.8) is 0 Å². The third-order valence-electron chi connectivity index (χ3n) is 12.0. The summed E-state index contributed by atoms with van der Waals surface area (Å²) in [5, 5.41) is 23.7. The van der Waals surface area contributed by atoms with Crippen LogP contribution in [0.3, 0.4) is 0 Å². The van der Waals surface area contributed by atoms with Gasteiger partial charge in [-0.1, -0.05) is 218 Å². The van der Waals surface area contributed by atoms with Crippen LogP contribution in [-0.4, -0.2) is 46.9 Å². The smallest absolute Gasteiger partial charge is 0.306 e. The van der Waals surface area contributed by atoms with Crippen LogP contribution in [-0.2, 0) is 14.3 Å². The number of esters is 1. The lowest BCUT2D eigenvalue weighted by Crippen LogP contribution is -2.46. The lowest BCUT2D eigenvalue weighted by molar-refractivity contribution is -0.151. The average molecular weight is 844 g/mol. The molecule has 0 heterocycles. The van der Waals surface area contributed by atoms with Gasteiger partial charge in [0.05, 0.1) is 25.2 Å². The van der Waals surface area contributed by atoms with E-state index in [1.54, 1.807) is 0 Å². The molecule has 60 heavy (non-hydrogen) atoms. The fraction of sp³-hybridized carbons (Fsp3) is 0.852. The Bertz CT molecular complexity index is 993. The van der Waals surface area contributed by atoms with Crippen LogP contribution in [0.25, 0.3) is 0 Å². The van der Waals surface area contributed by atoms with Gasteiger partial charge in [-0.15, -0.1) is 0 Å². The number of carbonyl (C=O) groups is 2. The highest BCUT2D eigenvalue weighted by Crippen LogP contribution is 2.17. The number of hydrogen-bond donors (Lipinski definition) is 3. The van der Waals surface area contributed by atoms with Crippen molar-refractivity contribution in [1.29, 1.82) is 0 Å². The van der Waals surface area contributed by atoms with Crippen molar-refractivity contribution in [3.8, 4) is 0 Å². The minimum atomic E-state index is -0.792. The minimum Gasteiger partial charge on any atom is -0.462 e. The lowest BCUT2D eigenvalue weighted by Gasteiger charge is -2.24. The average Bonchev–Trinajstić information content (AvgIpc) is 3.24. The van der Waals surface area contributed by atoms with E-state index in [1.165, 1.54) is 141 Å². The van der Waals surface area contributed by atoms with Crippen molar-refractivity contribution in [2.45, 2.75) is 289 Å². The van der Waals surface area contributed by atoms with Gasteiger partial charge in [0.15, 0.2) is 0 Å². The highest BCUT2D eigenvalue weighted by atomic mass is 16.5. The van der Waals surface area contributed by atoms with Gasteiger partial charge >= 0.3 is 5.97 Å². The quantitative estimate of drug-likeness (QED) is 0.0245. The Labute approximate surface area is 373 Å². The Hall–Kier alpha value is -1.92. The second-order valence-electron chi connectivity index (χ2n) is 17.9. The van der Waals surface area contributed by atoms with Crippen molar-refractivity contribution < 1.29 is 24.5 Å². The summed E-state index contributed by atoms with van der Waals surface area (Å²) in [4.78, 5) is 26.1. The van der Waals surface area contributed by atoms with Crippen molar-refractivity contribution in [2.75, 3.05) is 6.61 Å². The van der Waals surface area contributed by atoms with Gasteiger partial charge in [0.25, 0.3) is 0 Å². The summed E-state index contributed by atoms with van der Waals surface area (Å²) in [6, 6.07) is -0.707. The summed E-state index contributed by atoms with van der Waals surface area (Å²) in [5.74, 6) is -0.501. The molecule has 0 aromatic heterocycles. The van der Waals surface area contributed by atoms with Crippen molar-refractivity contribution in [3.05, 3.63) is 36.5 Å². The molecule has 6 nitrogen and oxygen atoms in total. The molecule has 0 saturated heterocycles. The van der Waals surface area contributed by atoms with Crippen LogP contribution in [0.15, 0.2) is 36.5 Å². The normalized spacial score (nSPS) is 13.5. The largest absolute Gasteiger partial charge is 0.462 e. The topological polar surface area (TPSA) is 95.9 Å². The first-order valence-electron chi connectivity index (χ1n) is 26.2. The molecule has 0 aromatic carbocycles. The van der Waals surface area contributed by atoms with Gasteiger partial charge in [0.2, 0.25) is 5.91 Å². The van der Waals surface area contributed by atoms with E-state index in [0.29, 0.717) is 19.3 Å². The maximum atomic E-state index is 13.2. The molecule has 0 aliphatic heterocycles. The molecule has 0 radical (unpaired) electrons. The number of unbranched alkanes of at least 4 members (excludes halogenated alkanes) is 30. The van der Waals surface area contributed by atoms with E-state index < -0.39 is 18.2 Å². The summed E-state index contributed by atoms with van der Waals surface area (Å²) in [6.07, 6.45) is 56.4. The molecule has 3 N–H and O–H groups in total. The summed E-state index contributed by atoms with van der Waals surface area (Å²) in [6.45, 7) is 6.45. The number of amides is 1. The van der Waals surface area contributed by atoms with Crippen LogP contribution in [0.4, 0.5) is 0 Å². The third kappa shape index (κ3) is 42.8. The van der Waals surface area contributed by atoms with Crippen molar-refractivity contribution in [2.24, 2.45) is 0 Å². The molecule has 0 rings (SSSR count). The molecule has 0 aliphatic carbocycles. The molecule has 352 valence electrons. The van der Waals surface area contributed by atoms with E-state index in [0.717, 1.165) is 83.5 Å². The number of hydrogen-bond acceptors (Lipinski definition) is 5. The van der Waals surface area contributed by atoms with Crippen LogP contribution in [0.1, 0.15) is 271 Å². The number of ether oxygens (including phenoxy) is 1. The molecule has 0 spiro atoms. The zero-order valence-electron chi connectivity index (χ0n) is 40.1. The standard InChI is InChI=1S/C54H101NO5/c1-4-7-10-13-16-19-22-24-25-26-27-28-30-32-35-38-41-44-47-54(59)60-50(45-42-39-36-33-21-18-15-12-9-6-3)48-53(58)55-51(49-56)52(57)46-43-40-37-34-31-29-23-20-17-14-11-8-5-2/h18,21,25-28,50-52,56-57H,4-17,19-20,22-24,29-49H2,1-3H3,(H,55,58)/b21-18-,26-25+,28-27+. The zero-order valence-corrected chi connectivity index (χ0v) is 40.1. The maximum absolute atomic E-state index is 13.2. The molecule has 3 unspecified atom stereocenters. The third-order valence-corrected chi connectivity index (χ3v) is 12.0. The Morgan fingerprint density at radius 3 is 1.33 bits per heavy atom. The first kappa shape index (κ1) is 58.1. The zero-order chi connectivity index (χ0) is 43.8. The molecule has 6 heteroatoms. The minimum absolute atomic E-state index is 0.0624. The first-order valence-corrected chi connectivity index (χ1v) is 26.2. The van der Waals surface area contributed by atoms with E-state index in [9.17, 15) is 19.8 Å². The van der Waals surface area contributed by atoms with E-state index in [2.05, 4.69) is 62.5 Å². The SMILES string of the molecule is CCCCC/C=C\CCCCCC(CC(=O)NC(CO)C(O)CCCCCCCCCCCCCCC)OC(=O)CCCCCCC/C=C/C=C/CCCCCCCCC. The van der Waals surface area contributed by atoms with Crippen LogP contribution >= 0.6 is 0 Å². The number of carbonyl (C=O) groups excluding carboxylic acids is 2. The summed E-state index contributed by atoms with van der Waals surface area (Å²) in [5.41, 5.74) is 0. The Kier molecular flexibility index (Phi) is 46.6. The van der Waals surface area contributed by atoms with Gasteiger partial charge < -0.3 is 20.3 Å².